The van der Waals surface area contributed by atoms with Gasteiger partial charge < -0.3 is 9.09 Å². The standard InChI is InChI=1S/C13H13Cl2N5O/c1-8-17-11(19-21-8)3-5-20-12(2-4-14)18-10-6-9(15)7-16-13(10)20/h6-7H,2-5H2,1H3. The molecule has 3 heterocycles. The van der Waals surface area contributed by atoms with Gasteiger partial charge in [-0.25, -0.2) is 9.97 Å². The molecule has 0 amide bonds. The third-order valence-electron chi connectivity index (χ3n) is 3.08. The van der Waals surface area contributed by atoms with Gasteiger partial charge in [-0.3, -0.25) is 0 Å². The lowest BCUT2D eigenvalue weighted by Gasteiger charge is -2.05. The molecule has 0 aliphatic carbocycles. The van der Waals surface area contributed by atoms with E-state index in [0.717, 1.165) is 17.0 Å². The molecule has 0 saturated heterocycles. The highest BCUT2D eigenvalue weighted by Crippen LogP contribution is 2.19. The van der Waals surface area contributed by atoms with Crippen LogP contribution in [-0.2, 0) is 19.4 Å². The Labute approximate surface area is 131 Å². The van der Waals surface area contributed by atoms with Crippen LogP contribution in [0, 0.1) is 6.92 Å². The second-order valence-electron chi connectivity index (χ2n) is 4.59. The normalized spacial score (nSPS) is 11.4. The molecule has 0 atom stereocenters. The first kappa shape index (κ1) is 14.3. The lowest BCUT2D eigenvalue weighted by molar-refractivity contribution is 0.386. The zero-order valence-corrected chi connectivity index (χ0v) is 12.9. The van der Waals surface area contributed by atoms with E-state index in [-0.39, 0.29) is 0 Å². The average molecular weight is 326 g/mol. The Kier molecular flexibility index (Phi) is 4.07. The molecule has 3 rings (SSSR count). The third kappa shape index (κ3) is 3.01. The predicted octanol–water partition coefficient (Wildman–Crippen LogP) is 2.80. The van der Waals surface area contributed by atoms with Crippen molar-refractivity contribution in [2.24, 2.45) is 0 Å². The van der Waals surface area contributed by atoms with Crippen LogP contribution in [0.25, 0.3) is 11.2 Å². The first-order valence-corrected chi connectivity index (χ1v) is 7.44. The molecule has 0 spiro atoms. The van der Waals surface area contributed by atoms with Gasteiger partial charge in [0.2, 0.25) is 5.89 Å². The van der Waals surface area contributed by atoms with Crippen LogP contribution < -0.4 is 0 Å². The summed E-state index contributed by atoms with van der Waals surface area (Å²) in [7, 11) is 0. The van der Waals surface area contributed by atoms with Gasteiger partial charge in [-0.15, -0.1) is 11.6 Å². The van der Waals surface area contributed by atoms with E-state index in [1.807, 2.05) is 4.57 Å². The van der Waals surface area contributed by atoms with Gasteiger partial charge in [0, 0.05) is 38.4 Å². The predicted molar refractivity (Wildman–Crippen MR) is 79.7 cm³/mol. The van der Waals surface area contributed by atoms with E-state index in [0.29, 0.717) is 42.0 Å². The molecule has 8 heteroatoms. The van der Waals surface area contributed by atoms with E-state index >= 15 is 0 Å². The summed E-state index contributed by atoms with van der Waals surface area (Å²) >= 11 is 11.8. The van der Waals surface area contributed by atoms with Crippen LogP contribution in [0.5, 0.6) is 0 Å². The van der Waals surface area contributed by atoms with Crippen LogP contribution in [0.1, 0.15) is 17.5 Å². The van der Waals surface area contributed by atoms with Gasteiger partial charge in [-0.2, -0.15) is 4.98 Å². The number of rotatable bonds is 5. The number of pyridine rings is 1. The number of nitrogens with zero attached hydrogens (tertiary/aromatic N) is 5. The summed E-state index contributed by atoms with van der Waals surface area (Å²) in [5, 5.41) is 4.47. The molecule has 3 aromatic heterocycles. The lowest BCUT2D eigenvalue weighted by atomic mass is 10.3. The fraction of sp³-hybridized carbons (Fsp3) is 0.385. The Morgan fingerprint density at radius 3 is 2.86 bits per heavy atom. The summed E-state index contributed by atoms with van der Waals surface area (Å²) in [6.07, 6.45) is 2.92. The van der Waals surface area contributed by atoms with Crippen LogP contribution in [0.15, 0.2) is 16.8 Å². The van der Waals surface area contributed by atoms with Gasteiger partial charge in [-0.1, -0.05) is 16.8 Å². The number of hydrogen-bond acceptors (Lipinski definition) is 5. The molecule has 0 saturated carbocycles. The van der Waals surface area contributed by atoms with E-state index in [9.17, 15) is 0 Å². The molecule has 0 N–H and O–H groups in total. The summed E-state index contributed by atoms with van der Waals surface area (Å²) in [5.41, 5.74) is 1.56. The number of hydrogen-bond donors (Lipinski definition) is 0. The Morgan fingerprint density at radius 1 is 1.29 bits per heavy atom. The van der Waals surface area contributed by atoms with Crippen molar-refractivity contribution in [3.05, 3.63) is 34.8 Å². The van der Waals surface area contributed by atoms with Gasteiger partial charge in [-0.05, 0) is 6.07 Å². The van der Waals surface area contributed by atoms with Crippen LogP contribution in [0.4, 0.5) is 0 Å². The zero-order valence-electron chi connectivity index (χ0n) is 11.4. The minimum absolute atomic E-state index is 0.498. The molecule has 0 fully saturated rings. The molecule has 6 nitrogen and oxygen atoms in total. The molecule has 0 aliphatic rings. The number of alkyl halides is 1. The van der Waals surface area contributed by atoms with E-state index < -0.39 is 0 Å². The second kappa shape index (κ2) is 5.99. The number of imidazole rings is 1. The highest BCUT2D eigenvalue weighted by atomic mass is 35.5. The number of fused-ring (bicyclic) bond motifs is 1. The van der Waals surface area contributed by atoms with Crippen LogP contribution in [0.2, 0.25) is 5.02 Å². The molecule has 0 aliphatic heterocycles. The summed E-state index contributed by atoms with van der Waals surface area (Å²) in [6, 6.07) is 1.80. The van der Waals surface area contributed by atoms with E-state index in [1.165, 1.54) is 0 Å². The molecule has 0 radical (unpaired) electrons. The van der Waals surface area contributed by atoms with Gasteiger partial charge >= 0.3 is 0 Å². The van der Waals surface area contributed by atoms with Crippen molar-refractivity contribution < 1.29 is 4.52 Å². The topological polar surface area (TPSA) is 69.6 Å². The average Bonchev–Trinajstić information content (AvgIpc) is 3.00. The van der Waals surface area contributed by atoms with Crippen molar-refractivity contribution in [3.63, 3.8) is 0 Å². The molecule has 0 bridgehead atoms. The number of aromatic nitrogens is 5. The van der Waals surface area contributed by atoms with E-state index in [1.54, 1.807) is 19.2 Å². The van der Waals surface area contributed by atoms with Crippen molar-refractivity contribution in [2.45, 2.75) is 26.3 Å². The van der Waals surface area contributed by atoms with Crippen LogP contribution in [-0.4, -0.2) is 30.6 Å². The highest BCUT2D eigenvalue weighted by molar-refractivity contribution is 6.31. The number of halogens is 2. The molecule has 3 aromatic rings. The maximum Gasteiger partial charge on any atom is 0.223 e. The van der Waals surface area contributed by atoms with Gasteiger partial charge in [0.1, 0.15) is 11.3 Å². The van der Waals surface area contributed by atoms with Crippen LogP contribution in [0.3, 0.4) is 0 Å². The SMILES string of the molecule is Cc1nc(CCn2c(CCCl)nc3cc(Cl)cnc32)no1. The molecule has 0 unspecified atom stereocenters. The Morgan fingerprint density at radius 2 is 2.14 bits per heavy atom. The third-order valence-corrected chi connectivity index (χ3v) is 3.47. The second-order valence-corrected chi connectivity index (χ2v) is 5.41. The summed E-state index contributed by atoms with van der Waals surface area (Å²) in [4.78, 5) is 13.1. The highest BCUT2D eigenvalue weighted by Gasteiger charge is 2.13. The van der Waals surface area contributed by atoms with Crippen molar-refractivity contribution >= 4 is 34.4 Å². The Bertz CT molecular complexity index is 767. The largest absolute Gasteiger partial charge is 0.340 e. The summed E-state index contributed by atoms with van der Waals surface area (Å²) in [5.74, 6) is 2.61. The first-order chi connectivity index (χ1) is 10.2. The monoisotopic (exact) mass is 325 g/mol. The molecular weight excluding hydrogens is 313 g/mol. The van der Waals surface area contributed by atoms with Gasteiger partial charge in [0.15, 0.2) is 11.5 Å². The van der Waals surface area contributed by atoms with E-state index in [4.69, 9.17) is 27.7 Å². The first-order valence-electron chi connectivity index (χ1n) is 6.53. The fourth-order valence-electron chi connectivity index (χ4n) is 2.20. The van der Waals surface area contributed by atoms with Gasteiger partial charge in [0.05, 0.1) is 5.02 Å². The number of aryl methyl sites for hydroxylation is 4. The quantitative estimate of drug-likeness (QED) is 0.674. The molecule has 0 aromatic carbocycles. The summed E-state index contributed by atoms with van der Waals surface area (Å²) < 4.78 is 7.00. The van der Waals surface area contributed by atoms with Crippen molar-refractivity contribution in [2.75, 3.05) is 5.88 Å². The van der Waals surface area contributed by atoms with Crippen molar-refractivity contribution in [1.82, 2.24) is 24.7 Å². The van der Waals surface area contributed by atoms with Crippen LogP contribution >= 0.6 is 23.2 Å². The van der Waals surface area contributed by atoms with E-state index in [2.05, 4.69) is 20.1 Å². The zero-order chi connectivity index (χ0) is 14.8. The minimum atomic E-state index is 0.498. The smallest absolute Gasteiger partial charge is 0.223 e. The van der Waals surface area contributed by atoms with Crippen molar-refractivity contribution in [3.8, 4) is 0 Å². The summed E-state index contributed by atoms with van der Waals surface area (Å²) in [6.45, 7) is 2.43. The lowest BCUT2D eigenvalue weighted by Crippen LogP contribution is -2.08. The molecule has 110 valence electrons. The minimum Gasteiger partial charge on any atom is -0.340 e. The molecular formula is C13H13Cl2N5O. The maximum absolute atomic E-state index is 5.96. The maximum atomic E-state index is 5.96. The molecule has 21 heavy (non-hydrogen) atoms. The van der Waals surface area contributed by atoms with Crippen molar-refractivity contribution in [1.29, 1.82) is 0 Å². The van der Waals surface area contributed by atoms with Gasteiger partial charge in [0.25, 0.3) is 0 Å². The Balaban J connectivity index is 1.92. The fourth-order valence-corrected chi connectivity index (χ4v) is 2.52. The Hall–Kier alpha value is -1.66.